The van der Waals surface area contributed by atoms with E-state index in [-0.39, 0.29) is 5.56 Å². The second kappa shape index (κ2) is 9.22. The average molecular weight is 426 g/mol. The normalized spacial score (nSPS) is 10.9. The molecule has 5 nitrogen and oxygen atoms in total. The maximum absolute atomic E-state index is 13.1. The number of hydrogen-bond acceptors (Lipinski definition) is 4. The summed E-state index contributed by atoms with van der Waals surface area (Å²) in [6.45, 7) is 1.94. The molecule has 4 rings (SSSR count). The van der Waals surface area contributed by atoms with Crippen molar-refractivity contribution in [2.75, 3.05) is 0 Å². The van der Waals surface area contributed by atoms with Crippen LogP contribution in [0.3, 0.4) is 0 Å². The molecule has 0 aliphatic heterocycles. The molecule has 0 saturated heterocycles. The van der Waals surface area contributed by atoms with Gasteiger partial charge in [0.2, 0.25) is 0 Å². The fourth-order valence-corrected chi connectivity index (χ4v) is 3.17. The van der Waals surface area contributed by atoms with Crippen LogP contribution < -0.4 is 10.2 Å². The summed E-state index contributed by atoms with van der Waals surface area (Å²) in [4.78, 5) is 24.9. The van der Waals surface area contributed by atoms with E-state index in [1.807, 2.05) is 49.4 Å². The molecule has 0 fully saturated rings. The minimum absolute atomic E-state index is 0.271. The molecule has 0 aliphatic carbocycles. The first kappa shape index (κ1) is 20.9. The summed E-state index contributed by atoms with van der Waals surface area (Å²) in [7, 11) is 0. The van der Waals surface area contributed by atoms with Gasteiger partial charge in [0, 0.05) is 11.1 Å². The Bertz CT molecular complexity index is 1310. The Kier molecular flexibility index (Phi) is 6.03. The van der Waals surface area contributed by atoms with E-state index in [1.165, 1.54) is 30.5 Å². The molecule has 0 heterocycles. The molecule has 0 unspecified atom stereocenters. The summed E-state index contributed by atoms with van der Waals surface area (Å²) in [5.74, 6) is -1.10. The maximum atomic E-state index is 13.1. The number of nitrogens with one attached hydrogen (secondary N) is 1. The molecule has 0 atom stereocenters. The highest BCUT2D eigenvalue weighted by Gasteiger charge is 2.13. The van der Waals surface area contributed by atoms with Crippen molar-refractivity contribution < 1.29 is 18.7 Å². The Morgan fingerprint density at radius 2 is 1.56 bits per heavy atom. The summed E-state index contributed by atoms with van der Waals surface area (Å²) < 4.78 is 18.7. The van der Waals surface area contributed by atoms with Crippen LogP contribution in [0.25, 0.3) is 10.8 Å². The summed E-state index contributed by atoms with van der Waals surface area (Å²) in [5, 5.41) is 5.77. The molecular formula is C26H19FN2O3. The number of ether oxygens (including phenoxy) is 1. The van der Waals surface area contributed by atoms with Gasteiger partial charge in [-0.2, -0.15) is 5.10 Å². The number of carbonyl (C=O) groups is 2. The SMILES string of the molecule is Cc1ccc(C(=O)Oc2ccc3ccccc3c2C=NNC(=O)c2ccc(F)cc2)cc1. The van der Waals surface area contributed by atoms with E-state index in [0.29, 0.717) is 16.9 Å². The highest BCUT2D eigenvalue weighted by molar-refractivity contribution is 6.04. The number of fused-ring (bicyclic) bond motifs is 1. The number of carbonyl (C=O) groups excluding carboxylic acids is 2. The van der Waals surface area contributed by atoms with Gasteiger partial charge in [0.25, 0.3) is 5.91 Å². The van der Waals surface area contributed by atoms with Crippen molar-refractivity contribution in [2.45, 2.75) is 6.92 Å². The number of aryl methyl sites for hydroxylation is 1. The minimum Gasteiger partial charge on any atom is -0.422 e. The van der Waals surface area contributed by atoms with Gasteiger partial charge in [0.05, 0.1) is 11.8 Å². The van der Waals surface area contributed by atoms with Crippen molar-refractivity contribution >= 4 is 28.9 Å². The van der Waals surface area contributed by atoms with Crippen molar-refractivity contribution in [3.8, 4) is 5.75 Å². The lowest BCUT2D eigenvalue weighted by Crippen LogP contribution is -2.17. The summed E-state index contributed by atoms with van der Waals surface area (Å²) in [6, 6.07) is 23.3. The van der Waals surface area contributed by atoms with Crippen molar-refractivity contribution in [3.05, 3.63) is 113 Å². The number of esters is 1. The van der Waals surface area contributed by atoms with Crippen LogP contribution in [-0.4, -0.2) is 18.1 Å². The van der Waals surface area contributed by atoms with E-state index >= 15 is 0 Å². The van der Waals surface area contributed by atoms with E-state index in [0.717, 1.165) is 16.3 Å². The molecule has 1 amide bonds. The Morgan fingerprint density at radius 3 is 2.31 bits per heavy atom. The first-order valence-corrected chi connectivity index (χ1v) is 9.91. The fourth-order valence-electron chi connectivity index (χ4n) is 3.17. The lowest BCUT2D eigenvalue weighted by Gasteiger charge is -2.11. The topological polar surface area (TPSA) is 67.8 Å². The third-order valence-corrected chi connectivity index (χ3v) is 4.89. The molecule has 1 N–H and O–H groups in total. The molecule has 0 aromatic heterocycles. The van der Waals surface area contributed by atoms with E-state index < -0.39 is 17.7 Å². The van der Waals surface area contributed by atoms with E-state index in [1.54, 1.807) is 18.2 Å². The van der Waals surface area contributed by atoms with Crippen molar-refractivity contribution in [1.82, 2.24) is 5.43 Å². The highest BCUT2D eigenvalue weighted by atomic mass is 19.1. The molecule has 0 radical (unpaired) electrons. The van der Waals surface area contributed by atoms with Gasteiger partial charge < -0.3 is 4.74 Å². The van der Waals surface area contributed by atoms with E-state index in [4.69, 9.17) is 4.74 Å². The summed E-state index contributed by atoms with van der Waals surface area (Å²) >= 11 is 0. The van der Waals surface area contributed by atoms with Gasteiger partial charge in [0.15, 0.2) is 0 Å². The lowest BCUT2D eigenvalue weighted by molar-refractivity contribution is 0.0734. The predicted molar refractivity (Wildman–Crippen MR) is 122 cm³/mol. The summed E-state index contributed by atoms with van der Waals surface area (Å²) in [6.07, 6.45) is 1.43. The zero-order chi connectivity index (χ0) is 22.5. The van der Waals surface area contributed by atoms with Crippen LogP contribution >= 0.6 is 0 Å². The van der Waals surface area contributed by atoms with Crippen molar-refractivity contribution in [1.29, 1.82) is 0 Å². The zero-order valence-electron chi connectivity index (χ0n) is 17.2. The fraction of sp³-hybridized carbons (Fsp3) is 0.0385. The predicted octanol–water partition coefficient (Wildman–Crippen LogP) is 5.27. The van der Waals surface area contributed by atoms with Crippen LogP contribution in [0.1, 0.15) is 31.8 Å². The minimum atomic E-state index is -0.495. The maximum Gasteiger partial charge on any atom is 0.343 e. The second-order valence-electron chi connectivity index (χ2n) is 7.16. The van der Waals surface area contributed by atoms with Crippen LogP contribution in [0, 0.1) is 12.7 Å². The molecular weight excluding hydrogens is 407 g/mol. The van der Waals surface area contributed by atoms with Gasteiger partial charge in [-0.15, -0.1) is 0 Å². The quantitative estimate of drug-likeness (QED) is 0.205. The largest absolute Gasteiger partial charge is 0.422 e. The Labute approximate surface area is 184 Å². The molecule has 0 spiro atoms. The molecule has 6 heteroatoms. The molecule has 158 valence electrons. The van der Waals surface area contributed by atoms with Gasteiger partial charge in [-0.05, 0) is 60.2 Å². The Hall–Kier alpha value is -4.32. The molecule has 0 aliphatic rings. The van der Waals surface area contributed by atoms with E-state index in [9.17, 15) is 14.0 Å². The molecule has 0 bridgehead atoms. The van der Waals surface area contributed by atoms with Gasteiger partial charge in [-0.3, -0.25) is 4.79 Å². The van der Waals surface area contributed by atoms with Crippen LogP contribution in [0.15, 0.2) is 90.0 Å². The number of hydrogen-bond donors (Lipinski definition) is 1. The monoisotopic (exact) mass is 426 g/mol. The van der Waals surface area contributed by atoms with Gasteiger partial charge in [-0.25, -0.2) is 14.6 Å². The molecule has 0 saturated carbocycles. The van der Waals surface area contributed by atoms with Gasteiger partial charge in [-0.1, -0.05) is 48.0 Å². The third-order valence-electron chi connectivity index (χ3n) is 4.89. The van der Waals surface area contributed by atoms with Crippen LogP contribution in [0.4, 0.5) is 4.39 Å². The van der Waals surface area contributed by atoms with Crippen LogP contribution in [0.2, 0.25) is 0 Å². The highest BCUT2D eigenvalue weighted by Crippen LogP contribution is 2.27. The molecule has 4 aromatic carbocycles. The van der Waals surface area contributed by atoms with Gasteiger partial charge in [0.1, 0.15) is 11.6 Å². The third kappa shape index (κ3) is 4.70. The average Bonchev–Trinajstić information content (AvgIpc) is 2.81. The zero-order valence-corrected chi connectivity index (χ0v) is 17.2. The molecule has 32 heavy (non-hydrogen) atoms. The van der Waals surface area contributed by atoms with Gasteiger partial charge >= 0.3 is 5.97 Å². The first-order chi connectivity index (χ1) is 15.5. The Balaban J connectivity index is 1.62. The number of nitrogens with zero attached hydrogens (tertiary/aromatic N) is 1. The number of amides is 1. The number of halogens is 1. The van der Waals surface area contributed by atoms with Crippen molar-refractivity contribution in [3.63, 3.8) is 0 Å². The number of hydrazone groups is 1. The second-order valence-corrected chi connectivity index (χ2v) is 7.16. The van der Waals surface area contributed by atoms with Crippen LogP contribution in [-0.2, 0) is 0 Å². The molecule has 4 aromatic rings. The van der Waals surface area contributed by atoms with E-state index in [2.05, 4.69) is 10.5 Å². The number of benzene rings is 4. The number of rotatable bonds is 5. The summed E-state index contributed by atoms with van der Waals surface area (Å²) in [5.41, 5.74) is 4.70. The van der Waals surface area contributed by atoms with Crippen LogP contribution in [0.5, 0.6) is 5.75 Å². The van der Waals surface area contributed by atoms with Crippen molar-refractivity contribution in [2.24, 2.45) is 5.10 Å². The first-order valence-electron chi connectivity index (χ1n) is 9.91. The Morgan fingerprint density at radius 1 is 0.875 bits per heavy atom. The smallest absolute Gasteiger partial charge is 0.343 e. The standard InChI is InChI=1S/C26H19FN2O3/c1-17-6-8-20(9-7-17)26(31)32-24-15-12-18-4-2-3-5-22(18)23(24)16-28-29-25(30)19-10-13-21(27)14-11-19/h2-16H,1H3,(H,29,30). The lowest BCUT2D eigenvalue weighted by atomic mass is 10.0.